The minimum atomic E-state index is -0.902. The van der Waals surface area contributed by atoms with Gasteiger partial charge in [-0.25, -0.2) is 9.78 Å². The summed E-state index contributed by atoms with van der Waals surface area (Å²) in [5, 5.41) is 0.223. The van der Waals surface area contributed by atoms with Gasteiger partial charge in [-0.3, -0.25) is 0 Å². The van der Waals surface area contributed by atoms with Crippen molar-refractivity contribution in [3.8, 4) is 0 Å². The molecule has 2 N–H and O–H groups in total. The topological polar surface area (TPSA) is 65.2 Å². The maximum atomic E-state index is 11.7. The molecule has 0 aliphatic carbocycles. The van der Waals surface area contributed by atoms with Gasteiger partial charge < -0.3 is 10.5 Å². The fourth-order valence-electron chi connectivity index (χ4n) is 1.12. The van der Waals surface area contributed by atoms with Crippen LogP contribution in [0.15, 0.2) is 18.3 Å². The SMILES string of the molecule is CC(C)(C)OC(=O)C(N)c1cccnc1Cl. The Labute approximate surface area is 99.8 Å². The van der Waals surface area contributed by atoms with Crippen LogP contribution < -0.4 is 5.73 Å². The molecule has 5 heteroatoms. The van der Waals surface area contributed by atoms with Gasteiger partial charge >= 0.3 is 5.97 Å². The number of hydrogen-bond acceptors (Lipinski definition) is 4. The quantitative estimate of drug-likeness (QED) is 0.637. The van der Waals surface area contributed by atoms with Gasteiger partial charge in [0.1, 0.15) is 16.8 Å². The summed E-state index contributed by atoms with van der Waals surface area (Å²) in [6, 6.07) is 2.43. The van der Waals surface area contributed by atoms with Crippen molar-refractivity contribution in [2.75, 3.05) is 0 Å². The third-order valence-electron chi connectivity index (χ3n) is 1.78. The number of esters is 1. The van der Waals surface area contributed by atoms with Crippen LogP contribution >= 0.6 is 11.6 Å². The van der Waals surface area contributed by atoms with E-state index in [9.17, 15) is 4.79 Å². The molecule has 0 saturated heterocycles. The summed E-state index contributed by atoms with van der Waals surface area (Å²) in [6.45, 7) is 5.34. The highest BCUT2D eigenvalue weighted by molar-refractivity contribution is 6.30. The van der Waals surface area contributed by atoms with Crippen LogP contribution in [0.5, 0.6) is 0 Å². The average molecular weight is 243 g/mol. The Morgan fingerprint density at radius 1 is 1.56 bits per heavy atom. The monoisotopic (exact) mass is 242 g/mol. The lowest BCUT2D eigenvalue weighted by Crippen LogP contribution is -2.31. The van der Waals surface area contributed by atoms with Crippen LogP contribution in [0.25, 0.3) is 0 Å². The normalized spacial score (nSPS) is 13.3. The minimum absolute atomic E-state index is 0.223. The Morgan fingerprint density at radius 3 is 2.69 bits per heavy atom. The van der Waals surface area contributed by atoms with Crippen LogP contribution in [-0.2, 0) is 9.53 Å². The van der Waals surface area contributed by atoms with Gasteiger partial charge in [-0.15, -0.1) is 0 Å². The molecular formula is C11H15ClN2O2. The van der Waals surface area contributed by atoms with Crippen molar-refractivity contribution in [2.24, 2.45) is 5.73 Å². The zero-order valence-corrected chi connectivity index (χ0v) is 10.3. The Balaban J connectivity index is 2.83. The average Bonchev–Trinajstić information content (AvgIpc) is 2.15. The van der Waals surface area contributed by atoms with Crippen LogP contribution in [-0.4, -0.2) is 16.6 Å². The second-order valence-electron chi connectivity index (χ2n) is 4.39. The first-order valence-electron chi connectivity index (χ1n) is 4.90. The second-order valence-corrected chi connectivity index (χ2v) is 4.75. The Morgan fingerprint density at radius 2 is 2.19 bits per heavy atom. The van der Waals surface area contributed by atoms with Gasteiger partial charge in [-0.2, -0.15) is 0 Å². The van der Waals surface area contributed by atoms with Gasteiger partial charge in [-0.1, -0.05) is 17.7 Å². The molecule has 16 heavy (non-hydrogen) atoms. The number of carbonyl (C=O) groups is 1. The molecule has 0 bridgehead atoms. The molecule has 0 amide bonds. The van der Waals surface area contributed by atoms with Crippen molar-refractivity contribution in [1.29, 1.82) is 0 Å². The van der Waals surface area contributed by atoms with E-state index < -0.39 is 17.6 Å². The molecule has 1 aromatic heterocycles. The number of rotatable bonds is 2. The second kappa shape index (κ2) is 4.80. The molecule has 1 unspecified atom stereocenters. The number of carbonyl (C=O) groups excluding carboxylic acids is 1. The third-order valence-corrected chi connectivity index (χ3v) is 2.10. The number of halogens is 1. The molecule has 0 aliphatic rings. The molecule has 4 nitrogen and oxygen atoms in total. The van der Waals surface area contributed by atoms with E-state index >= 15 is 0 Å². The Bertz CT molecular complexity index is 388. The first-order chi connectivity index (χ1) is 7.31. The van der Waals surface area contributed by atoms with E-state index in [4.69, 9.17) is 22.1 Å². The van der Waals surface area contributed by atoms with E-state index in [0.29, 0.717) is 5.56 Å². The van der Waals surface area contributed by atoms with Gasteiger partial charge in [0.05, 0.1) is 0 Å². The lowest BCUT2D eigenvalue weighted by molar-refractivity contribution is -0.156. The van der Waals surface area contributed by atoms with Crippen molar-refractivity contribution >= 4 is 17.6 Å². The summed E-state index contributed by atoms with van der Waals surface area (Å²) in [4.78, 5) is 15.5. The number of nitrogens with two attached hydrogens (primary N) is 1. The first-order valence-corrected chi connectivity index (χ1v) is 5.28. The van der Waals surface area contributed by atoms with Crippen LogP contribution in [0, 0.1) is 0 Å². The smallest absolute Gasteiger partial charge is 0.328 e. The molecule has 1 heterocycles. The molecule has 1 rings (SSSR count). The van der Waals surface area contributed by atoms with E-state index in [2.05, 4.69) is 4.98 Å². The Hall–Kier alpha value is -1.13. The van der Waals surface area contributed by atoms with E-state index in [1.54, 1.807) is 32.9 Å². The summed E-state index contributed by atoms with van der Waals surface area (Å²) in [5.74, 6) is -0.512. The van der Waals surface area contributed by atoms with E-state index in [-0.39, 0.29) is 5.15 Å². The summed E-state index contributed by atoms with van der Waals surface area (Å²) < 4.78 is 5.16. The predicted molar refractivity (Wildman–Crippen MR) is 62.0 cm³/mol. The number of nitrogens with zero attached hydrogens (tertiary/aromatic N) is 1. The highest BCUT2D eigenvalue weighted by atomic mass is 35.5. The molecule has 1 aromatic rings. The molecule has 0 saturated carbocycles. The maximum absolute atomic E-state index is 11.7. The zero-order chi connectivity index (χ0) is 12.3. The predicted octanol–water partition coefficient (Wildman–Crippen LogP) is 2.08. The van der Waals surface area contributed by atoms with Gasteiger partial charge in [0, 0.05) is 11.8 Å². The lowest BCUT2D eigenvalue weighted by atomic mass is 10.1. The molecule has 0 aromatic carbocycles. The molecule has 1 atom stereocenters. The largest absolute Gasteiger partial charge is 0.459 e. The summed E-state index contributed by atoms with van der Waals surface area (Å²) >= 11 is 5.84. The molecule has 88 valence electrons. The zero-order valence-electron chi connectivity index (χ0n) is 9.53. The van der Waals surface area contributed by atoms with E-state index in [1.165, 1.54) is 6.20 Å². The highest BCUT2D eigenvalue weighted by Crippen LogP contribution is 2.21. The number of aromatic nitrogens is 1. The highest BCUT2D eigenvalue weighted by Gasteiger charge is 2.25. The standard InChI is InChI=1S/C11H15ClN2O2/c1-11(2,3)16-10(15)8(13)7-5-4-6-14-9(7)12/h4-6,8H,13H2,1-3H3. The van der Waals surface area contributed by atoms with Crippen molar-refractivity contribution < 1.29 is 9.53 Å². The summed E-state index contributed by atoms with van der Waals surface area (Å²) in [5.41, 5.74) is 5.65. The van der Waals surface area contributed by atoms with E-state index in [1.807, 2.05) is 0 Å². The molecule has 0 radical (unpaired) electrons. The molecular weight excluding hydrogens is 228 g/mol. The fourth-order valence-corrected chi connectivity index (χ4v) is 1.36. The molecule has 0 fully saturated rings. The van der Waals surface area contributed by atoms with Crippen molar-refractivity contribution in [3.63, 3.8) is 0 Å². The molecule has 0 spiro atoms. The van der Waals surface area contributed by atoms with Crippen LogP contribution in [0.4, 0.5) is 0 Å². The van der Waals surface area contributed by atoms with Crippen molar-refractivity contribution in [1.82, 2.24) is 4.98 Å². The summed E-state index contributed by atoms with van der Waals surface area (Å²) in [6.07, 6.45) is 1.54. The van der Waals surface area contributed by atoms with Gasteiger partial charge in [0.25, 0.3) is 0 Å². The first kappa shape index (κ1) is 12.9. The van der Waals surface area contributed by atoms with Crippen LogP contribution in [0.3, 0.4) is 0 Å². The molecule has 0 aliphatic heterocycles. The van der Waals surface area contributed by atoms with Gasteiger partial charge in [0.15, 0.2) is 0 Å². The number of hydrogen-bond donors (Lipinski definition) is 1. The van der Waals surface area contributed by atoms with Crippen molar-refractivity contribution in [2.45, 2.75) is 32.4 Å². The summed E-state index contributed by atoms with van der Waals surface area (Å²) in [7, 11) is 0. The number of pyridine rings is 1. The third kappa shape index (κ3) is 3.47. The minimum Gasteiger partial charge on any atom is -0.459 e. The van der Waals surface area contributed by atoms with Crippen molar-refractivity contribution in [3.05, 3.63) is 29.0 Å². The van der Waals surface area contributed by atoms with Gasteiger partial charge in [-0.05, 0) is 26.8 Å². The number of ether oxygens (including phenoxy) is 1. The Kier molecular flexibility index (Phi) is 3.88. The maximum Gasteiger partial charge on any atom is 0.328 e. The van der Waals surface area contributed by atoms with Gasteiger partial charge in [0.2, 0.25) is 0 Å². The lowest BCUT2D eigenvalue weighted by Gasteiger charge is -2.22. The van der Waals surface area contributed by atoms with E-state index in [0.717, 1.165) is 0 Å². The van der Waals surface area contributed by atoms with Crippen LogP contribution in [0.1, 0.15) is 32.4 Å². The fraction of sp³-hybridized carbons (Fsp3) is 0.455. The van der Waals surface area contributed by atoms with Crippen LogP contribution in [0.2, 0.25) is 5.15 Å².